The first-order chi connectivity index (χ1) is 18.9. The number of halogens is 1. The van der Waals surface area contributed by atoms with Gasteiger partial charge in [0.15, 0.2) is 0 Å². The summed E-state index contributed by atoms with van der Waals surface area (Å²) in [6, 6.07) is 19.2. The molecule has 1 aliphatic heterocycles. The van der Waals surface area contributed by atoms with E-state index in [9.17, 15) is 14.7 Å². The maximum absolute atomic E-state index is 13.0. The van der Waals surface area contributed by atoms with Gasteiger partial charge < -0.3 is 19.9 Å². The van der Waals surface area contributed by atoms with Crippen molar-refractivity contribution >= 4 is 23.5 Å². The molecule has 3 unspecified atom stereocenters. The number of nitrogens with one attached hydrogen (secondary N) is 1. The van der Waals surface area contributed by atoms with Crippen LogP contribution >= 0.6 is 11.6 Å². The first-order valence-electron chi connectivity index (χ1n) is 13.8. The van der Waals surface area contributed by atoms with E-state index in [4.69, 9.17) is 21.1 Å². The number of carbonyl (C=O) groups is 2. The first-order valence-corrected chi connectivity index (χ1v) is 14.2. The number of benzene rings is 3. The number of ether oxygens (including phenoxy) is 2. The number of amides is 1. The molecule has 1 heterocycles. The highest BCUT2D eigenvalue weighted by Crippen LogP contribution is 2.42. The zero-order valence-corrected chi connectivity index (χ0v) is 22.9. The van der Waals surface area contributed by atoms with E-state index in [1.165, 1.54) is 11.1 Å². The number of carboxylic acid groups (broad SMARTS) is 1. The van der Waals surface area contributed by atoms with Crippen molar-refractivity contribution in [1.29, 1.82) is 0 Å². The number of carboxylic acids is 1. The molecular formula is C32H34ClNO5. The van der Waals surface area contributed by atoms with Crippen LogP contribution in [0, 0.1) is 0 Å². The summed E-state index contributed by atoms with van der Waals surface area (Å²) in [5.74, 6) is 0.178. The summed E-state index contributed by atoms with van der Waals surface area (Å²) in [6.45, 7) is 2.52. The predicted octanol–water partition coefficient (Wildman–Crippen LogP) is 7.49. The van der Waals surface area contributed by atoms with E-state index >= 15 is 0 Å². The average Bonchev–Trinajstić information content (AvgIpc) is 2.94. The second-order valence-electron chi connectivity index (χ2n) is 10.5. The normalized spacial score (nSPS) is 20.4. The smallest absolute Gasteiger partial charge is 0.311 e. The molecule has 0 aromatic heterocycles. The second kappa shape index (κ2) is 12.1. The fourth-order valence-electron chi connectivity index (χ4n) is 5.71. The molecule has 6 nitrogen and oxygen atoms in total. The molecule has 2 aliphatic rings. The van der Waals surface area contributed by atoms with Crippen LogP contribution in [-0.4, -0.2) is 29.6 Å². The Labute approximate surface area is 234 Å². The van der Waals surface area contributed by atoms with Crippen molar-refractivity contribution in [3.63, 3.8) is 0 Å². The van der Waals surface area contributed by atoms with Crippen LogP contribution in [-0.2, 0) is 11.2 Å². The summed E-state index contributed by atoms with van der Waals surface area (Å²) in [5, 5.41) is 13.0. The third-order valence-electron chi connectivity index (χ3n) is 7.72. The molecule has 1 fully saturated rings. The summed E-state index contributed by atoms with van der Waals surface area (Å²) in [6.07, 6.45) is 6.82. The Morgan fingerprint density at radius 1 is 1.08 bits per heavy atom. The van der Waals surface area contributed by atoms with Crippen molar-refractivity contribution in [2.75, 3.05) is 6.61 Å². The minimum atomic E-state index is -0.900. The summed E-state index contributed by atoms with van der Waals surface area (Å²) >= 11 is 6.41. The molecule has 1 amide bonds. The Kier molecular flexibility index (Phi) is 8.41. The van der Waals surface area contributed by atoms with E-state index < -0.39 is 11.9 Å². The molecule has 2 N–H and O–H groups in total. The van der Waals surface area contributed by atoms with Gasteiger partial charge in [-0.25, -0.2) is 0 Å². The van der Waals surface area contributed by atoms with E-state index in [-0.39, 0.29) is 11.9 Å². The van der Waals surface area contributed by atoms with Gasteiger partial charge in [0, 0.05) is 23.2 Å². The number of rotatable bonds is 8. The average molecular weight is 548 g/mol. The van der Waals surface area contributed by atoms with Gasteiger partial charge in [0.2, 0.25) is 0 Å². The largest absolute Gasteiger partial charge is 0.493 e. The van der Waals surface area contributed by atoms with Gasteiger partial charge in [-0.05, 0) is 79.5 Å². The Morgan fingerprint density at radius 2 is 1.90 bits per heavy atom. The summed E-state index contributed by atoms with van der Waals surface area (Å²) in [5.41, 5.74) is 3.89. The zero-order chi connectivity index (χ0) is 27.4. The number of hydrogen-bond donors (Lipinski definition) is 2. The Hall–Kier alpha value is -3.51. The van der Waals surface area contributed by atoms with Gasteiger partial charge in [0.25, 0.3) is 5.91 Å². The number of aryl methyl sites for hydroxylation is 1. The van der Waals surface area contributed by atoms with Crippen molar-refractivity contribution in [3.05, 3.63) is 87.9 Å². The molecule has 39 heavy (non-hydrogen) atoms. The summed E-state index contributed by atoms with van der Waals surface area (Å²) in [4.78, 5) is 24.6. The maximum Gasteiger partial charge on any atom is 0.311 e. The van der Waals surface area contributed by atoms with Crippen LogP contribution in [0.2, 0.25) is 5.02 Å². The lowest BCUT2D eigenvalue weighted by Gasteiger charge is -2.30. The quantitative estimate of drug-likeness (QED) is 0.305. The molecule has 0 saturated heterocycles. The van der Waals surface area contributed by atoms with Crippen molar-refractivity contribution in [2.24, 2.45) is 0 Å². The molecule has 3 atom stereocenters. The topological polar surface area (TPSA) is 84.9 Å². The van der Waals surface area contributed by atoms with Crippen molar-refractivity contribution < 1.29 is 24.2 Å². The Bertz CT molecular complexity index is 1340. The van der Waals surface area contributed by atoms with Crippen LogP contribution in [0.25, 0.3) is 0 Å². The van der Waals surface area contributed by atoms with E-state index in [1.54, 1.807) is 36.4 Å². The van der Waals surface area contributed by atoms with Gasteiger partial charge in [-0.15, -0.1) is 0 Å². The lowest BCUT2D eigenvalue weighted by Crippen LogP contribution is -2.38. The molecular weight excluding hydrogens is 514 g/mol. The molecule has 3 aromatic carbocycles. The van der Waals surface area contributed by atoms with Gasteiger partial charge in [-0.1, -0.05) is 55.6 Å². The van der Waals surface area contributed by atoms with Crippen molar-refractivity contribution in [3.8, 4) is 17.2 Å². The van der Waals surface area contributed by atoms with Crippen molar-refractivity contribution in [2.45, 2.75) is 69.7 Å². The van der Waals surface area contributed by atoms with E-state index in [2.05, 4.69) is 36.5 Å². The highest BCUT2D eigenvalue weighted by Gasteiger charge is 2.29. The Balaban J connectivity index is 1.21. The molecule has 1 saturated carbocycles. The second-order valence-corrected chi connectivity index (χ2v) is 10.9. The van der Waals surface area contributed by atoms with Crippen LogP contribution in [0.4, 0.5) is 0 Å². The summed E-state index contributed by atoms with van der Waals surface area (Å²) in [7, 11) is 0. The van der Waals surface area contributed by atoms with E-state index in [1.807, 2.05) is 0 Å². The van der Waals surface area contributed by atoms with Gasteiger partial charge >= 0.3 is 5.97 Å². The van der Waals surface area contributed by atoms with Gasteiger partial charge in [-0.3, -0.25) is 9.59 Å². The third kappa shape index (κ3) is 6.39. The van der Waals surface area contributed by atoms with Gasteiger partial charge in [-0.2, -0.15) is 0 Å². The maximum atomic E-state index is 13.0. The molecule has 1 aliphatic carbocycles. The minimum Gasteiger partial charge on any atom is -0.493 e. The zero-order valence-electron chi connectivity index (χ0n) is 22.1. The monoisotopic (exact) mass is 547 g/mol. The van der Waals surface area contributed by atoms with Crippen molar-refractivity contribution in [1.82, 2.24) is 5.32 Å². The number of carbonyl (C=O) groups excluding carboxylic acids is 1. The standard InChI is InChI=1S/C32H34ClNO5/c1-2-5-20-6-3-7-22(16-20)23-8-4-9-24(17-23)34-31(35)21-10-12-25(13-11-21)39-30-19-29-27(18-28(30)33)26(32(36)37)14-15-38-29/h3,6-7,10-13,16,18-19,23-24,26H,2,4-5,8-9,14-15,17H2,1H3,(H,34,35)(H,36,37). The lowest BCUT2D eigenvalue weighted by molar-refractivity contribution is -0.139. The highest BCUT2D eigenvalue weighted by molar-refractivity contribution is 6.32. The highest BCUT2D eigenvalue weighted by atomic mass is 35.5. The predicted molar refractivity (Wildman–Crippen MR) is 151 cm³/mol. The van der Waals surface area contributed by atoms with Gasteiger partial charge in [0.1, 0.15) is 17.2 Å². The third-order valence-corrected chi connectivity index (χ3v) is 8.01. The van der Waals surface area contributed by atoms with Crippen LogP contribution in [0.3, 0.4) is 0 Å². The molecule has 0 bridgehead atoms. The molecule has 0 radical (unpaired) electrons. The van der Waals surface area contributed by atoms with E-state index in [0.717, 1.165) is 38.5 Å². The molecule has 5 rings (SSSR count). The Morgan fingerprint density at radius 3 is 2.67 bits per heavy atom. The van der Waals surface area contributed by atoms with Gasteiger partial charge in [0.05, 0.1) is 17.5 Å². The van der Waals surface area contributed by atoms with E-state index in [0.29, 0.717) is 52.3 Å². The fourth-order valence-corrected chi connectivity index (χ4v) is 5.92. The first kappa shape index (κ1) is 27.1. The van der Waals surface area contributed by atoms with Crippen LogP contribution < -0.4 is 14.8 Å². The number of aliphatic carboxylic acids is 1. The fraction of sp³-hybridized carbons (Fsp3) is 0.375. The van der Waals surface area contributed by atoms with Crippen LogP contribution in [0.5, 0.6) is 17.2 Å². The molecule has 7 heteroatoms. The SMILES string of the molecule is CCCc1cccc(C2CCCC(NC(=O)c3ccc(Oc4cc5c(cc4Cl)C(C(=O)O)CCO5)cc3)C2)c1. The lowest BCUT2D eigenvalue weighted by atomic mass is 9.80. The van der Waals surface area contributed by atoms with Crippen LogP contribution in [0.1, 0.15) is 84.3 Å². The summed E-state index contributed by atoms with van der Waals surface area (Å²) < 4.78 is 11.6. The molecule has 204 valence electrons. The molecule has 3 aromatic rings. The minimum absolute atomic E-state index is 0.0909. The van der Waals surface area contributed by atoms with Crippen LogP contribution in [0.15, 0.2) is 60.7 Å². The molecule has 0 spiro atoms. The number of fused-ring (bicyclic) bond motifs is 1. The number of hydrogen-bond acceptors (Lipinski definition) is 4.